The Labute approximate surface area is 160 Å². The predicted octanol–water partition coefficient (Wildman–Crippen LogP) is 4.41. The summed E-state index contributed by atoms with van der Waals surface area (Å²) in [6, 6.07) is 11.5. The molecular weight excluding hydrogens is 357 g/mol. The Morgan fingerprint density at radius 2 is 2.00 bits per heavy atom. The van der Waals surface area contributed by atoms with E-state index < -0.39 is 0 Å². The summed E-state index contributed by atoms with van der Waals surface area (Å²) in [5, 5.41) is 2.90. The highest BCUT2D eigenvalue weighted by Gasteiger charge is 2.22. The van der Waals surface area contributed by atoms with Gasteiger partial charge in [0, 0.05) is 17.3 Å². The van der Waals surface area contributed by atoms with Crippen LogP contribution in [0.25, 0.3) is 16.7 Å². The van der Waals surface area contributed by atoms with Crippen molar-refractivity contribution in [3.05, 3.63) is 72.3 Å². The highest BCUT2D eigenvalue weighted by molar-refractivity contribution is 6.04. The molecule has 2 aromatic heterocycles. The van der Waals surface area contributed by atoms with E-state index in [1.807, 2.05) is 18.2 Å². The van der Waals surface area contributed by atoms with E-state index in [1.54, 1.807) is 16.7 Å². The number of fused-ring (bicyclic) bond motifs is 1. The number of carbonyl (C=O) groups excluding carboxylic acids is 1. The van der Waals surface area contributed by atoms with Crippen molar-refractivity contribution in [2.45, 2.75) is 25.2 Å². The van der Waals surface area contributed by atoms with Crippen molar-refractivity contribution in [2.75, 3.05) is 5.32 Å². The molecule has 1 aliphatic rings. The average Bonchev–Trinajstić information content (AvgIpc) is 3.27. The molecular formula is C21H18FN5O. The lowest BCUT2D eigenvalue weighted by molar-refractivity contribution is 0.102. The van der Waals surface area contributed by atoms with E-state index in [-0.39, 0.29) is 11.7 Å². The van der Waals surface area contributed by atoms with Gasteiger partial charge in [0.1, 0.15) is 17.3 Å². The molecule has 1 fully saturated rings. The number of hydrogen-bond donors (Lipinski definition) is 2. The van der Waals surface area contributed by atoms with Crippen LogP contribution in [0.5, 0.6) is 0 Å². The molecule has 1 amide bonds. The summed E-state index contributed by atoms with van der Waals surface area (Å²) in [6.45, 7) is 0. The molecule has 7 heteroatoms. The number of imidazole rings is 2. The number of benzene rings is 2. The number of halogens is 1. The number of H-pyrrole nitrogens is 1. The Morgan fingerprint density at radius 3 is 2.75 bits per heavy atom. The normalized spacial score (nSPS) is 14.2. The molecule has 2 heterocycles. The minimum absolute atomic E-state index is 0.292. The first-order valence-corrected chi connectivity index (χ1v) is 9.27. The molecule has 0 spiro atoms. The molecule has 4 aromatic rings. The zero-order chi connectivity index (χ0) is 19.1. The molecule has 0 aliphatic heterocycles. The number of nitrogens with zero attached hydrogens (tertiary/aromatic N) is 3. The first-order valence-electron chi connectivity index (χ1n) is 9.27. The third-order valence-electron chi connectivity index (χ3n) is 5.23. The van der Waals surface area contributed by atoms with E-state index in [0.29, 0.717) is 23.0 Å². The van der Waals surface area contributed by atoms with Crippen molar-refractivity contribution in [2.24, 2.45) is 0 Å². The van der Waals surface area contributed by atoms with E-state index in [1.165, 1.54) is 43.9 Å². The molecule has 0 unspecified atom stereocenters. The number of amides is 1. The minimum Gasteiger partial charge on any atom is -0.342 e. The van der Waals surface area contributed by atoms with Crippen molar-refractivity contribution < 1.29 is 9.18 Å². The summed E-state index contributed by atoms with van der Waals surface area (Å²) in [5.41, 5.74) is 3.51. The van der Waals surface area contributed by atoms with Crippen LogP contribution in [-0.2, 0) is 0 Å². The molecule has 0 saturated heterocycles. The Bertz CT molecular complexity index is 1160. The molecule has 0 atom stereocenters. The van der Waals surface area contributed by atoms with Crippen LogP contribution in [0.1, 0.15) is 41.5 Å². The van der Waals surface area contributed by atoms with Gasteiger partial charge in [-0.05, 0) is 55.3 Å². The van der Waals surface area contributed by atoms with Crippen LogP contribution in [0.15, 0.2) is 55.0 Å². The number of anilines is 1. The van der Waals surface area contributed by atoms with Crippen molar-refractivity contribution in [3.63, 3.8) is 0 Å². The van der Waals surface area contributed by atoms with Gasteiger partial charge in [-0.25, -0.2) is 14.4 Å². The third kappa shape index (κ3) is 2.94. The molecule has 0 bridgehead atoms. The maximum absolute atomic E-state index is 13.2. The fourth-order valence-corrected chi connectivity index (χ4v) is 3.45. The zero-order valence-corrected chi connectivity index (χ0v) is 15.0. The Morgan fingerprint density at radius 1 is 1.18 bits per heavy atom. The fourth-order valence-electron chi connectivity index (χ4n) is 3.45. The van der Waals surface area contributed by atoms with Gasteiger partial charge in [-0.1, -0.05) is 6.42 Å². The molecule has 6 nitrogen and oxygen atoms in total. The smallest absolute Gasteiger partial charge is 0.274 e. The maximum atomic E-state index is 13.2. The monoisotopic (exact) mass is 375 g/mol. The van der Waals surface area contributed by atoms with E-state index >= 15 is 0 Å². The van der Waals surface area contributed by atoms with Crippen molar-refractivity contribution in [3.8, 4) is 5.69 Å². The van der Waals surface area contributed by atoms with Gasteiger partial charge in [-0.2, -0.15) is 0 Å². The first-order chi connectivity index (χ1) is 13.7. The zero-order valence-electron chi connectivity index (χ0n) is 15.0. The molecule has 0 radical (unpaired) electrons. The van der Waals surface area contributed by atoms with E-state index in [0.717, 1.165) is 16.9 Å². The number of hydrogen-bond acceptors (Lipinski definition) is 3. The molecule has 2 aromatic carbocycles. The Balaban J connectivity index is 1.40. The molecule has 28 heavy (non-hydrogen) atoms. The fraction of sp³-hybridized carbons (Fsp3) is 0.190. The minimum atomic E-state index is -0.330. The Kier molecular flexibility index (Phi) is 3.93. The largest absolute Gasteiger partial charge is 0.342 e. The van der Waals surface area contributed by atoms with Crippen LogP contribution in [0.3, 0.4) is 0 Å². The standard InChI is InChI=1S/C21H18FN5O/c22-14-4-7-16(8-5-14)27-12-23-11-19(27)21(28)24-15-6-9-17-18(10-15)26-20(25-17)13-2-1-3-13/h4-13H,1-3H2,(H,24,28)(H,25,26). The topological polar surface area (TPSA) is 75.6 Å². The summed E-state index contributed by atoms with van der Waals surface area (Å²) < 4.78 is 14.8. The first kappa shape index (κ1) is 16.7. The lowest BCUT2D eigenvalue weighted by Crippen LogP contribution is -2.16. The molecule has 1 saturated carbocycles. The predicted molar refractivity (Wildman–Crippen MR) is 104 cm³/mol. The second-order valence-electron chi connectivity index (χ2n) is 7.06. The van der Waals surface area contributed by atoms with Gasteiger partial charge in [0.05, 0.1) is 23.6 Å². The van der Waals surface area contributed by atoms with E-state index in [4.69, 9.17) is 0 Å². The van der Waals surface area contributed by atoms with Crippen LogP contribution < -0.4 is 5.32 Å². The summed E-state index contributed by atoms with van der Waals surface area (Å²) >= 11 is 0. The van der Waals surface area contributed by atoms with Gasteiger partial charge in [0.15, 0.2) is 0 Å². The second-order valence-corrected chi connectivity index (χ2v) is 7.06. The molecule has 2 N–H and O–H groups in total. The number of rotatable bonds is 4. The van der Waals surface area contributed by atoms with Gasteiger partial charge in [-0.15, -0.1) is 0 Å². The second kappa shape index (κ2) is 6.60. The van der Waals surface area contributed by atoms with Crippen LogP contribution >= 0.6 is 0 Å². The highest BCUT2D eigenvalue weighted by atomic mass is 19.1. The number of aromatic amines is 1. The van der Waals surface area contributed by atoms with Crippen LogP contribution in [0.2, 0.25) is 0 Å². The quantitative estimate of drug-likeness (QED) is 0.555. The summed E-state index contributed by atoms with van der Waals surface area (Å²) in [6.07, 6.45) is 6.63. The van der Waals surface area contributed by atoms with Gasteiger partial charge in [-0.3, -0.25) is 9.36 Å². The van der Waals surface area contributed by atoms with Crippen LogP contribution in [0.4, 0.5) is 10.1 Å². The Hall–Kier alpha value is -3.48. The lowest BCUT2D eigenvalue weighted by atomic mass is 9.85. The van der Waals surface area contributed by atoms with Gasteiger partial charge in [0.2, 0.25) is 0 Å². The summed E-state index contributed by atoms with van der Waals surface area (Å²) in [7, 11) is 0. The maximum Gasteiger partial charge on any atom is 0.274 e. The molecule has 140 valence electrons. The van der Waals surface area contributed by atoms with Crippen molar-refractivity contribution >= 4 is 22.6 Å². The number of carbonyl (C=O) groups is 1. The van der Waals surface area contributed by atoms with Gasteiger partial charge in [0.25, 0.3) is 5.91 Å². The van der Waals surface area contributed by atoms with Crippen molar-refractivity contribution in [1.29, 1.82) is 0 Å². The molecule has 5 rings (SSSR count). The van der Waals surface area contributed by atoms with Gasteiger partial charge < -0.3 is 10.3 Å². The summed E-state index contributed by atoms with van der Waals surface area (Å²) in [4.78, 5) is 24.9. The molecule has 1 aliphatic carbocycles. The lowest BCUT2D eigenvalue weighted by Gasteiger charge is -2.22. The van der Waals surface area contributed by atoms with Crippen molar-refractivity contribution in [1.82, 2.24) is 19.5 Å². The SMILES string of the molecule is O=C(Nc1ccc2nc(C3CCC3)[nH]c2c1)c1cncn1-c1ccc(F)cc1. The average molecular weight is 375 g/mol. The third-order valence-corrected chi connectivity index (χ3v) is 5.23. The van der Waals surface area contributed by atoms with Gasteiger partial charge >= 0.3 is 0 Å². The van der Waals surface area contributed by atoms with Crippen LogP contribution in [-0.4, -0.2) is 25.4 Å². The summed E-state index contributed by atoms with van der Waals surface area (Å²) in [5.74, 6) is 0.929. The number of aromatic nitrogens is 4. The van der Waals surface area contributed by atoms with E-state index in [9.17, 15) is 9.18 Å². The highest BCUT2D eigenvalue weighted by Crippen LogP contribution is 2.35. The van der Waals surface area contributed by atoms with Crippen LogP contribution in [0, 0.1) is 5.82 Å². The number of nitrogens with one attached hydrogen (secondary N) is 2. The van der Waals surface area contributed by atoms with E-state index in [2.05, 4.69) is 20.3 Å².